The maximum absolute atomic E-state index is 9.60. The van der Waals surface area contributed by atoms with Crippen LogP contribution < -0.4 is 0 Å². The Kier molecular flexibility index (Phi) is 18.7. The molecule has 0 radical (unpaired) electrons. The van der Waals surface area contributed by atoms with E-state index in [4.69, 9.17) is 20.4 Å². The normalized spacial score (nSPS) is 7.90. The zero-order valence-electron chi connectivity index (χ0n) is 11.1. The minimum atomic E-state index is -1.80. The molecule has 0 aromatic carbocycles. The molecule has 0 aliphatic heterocycles. The minimum absolute atomic E-state index is 0.292. The molecule has 0 aromatic heterocycles. The van der Waals surface area contributed by atoms with E-state index in [2.05, 4.69) is 9.78 Å². The molecule has 0 atom stereocenters. The lowest BCUT2D eigenvalue weighted by atomic mass is 10.4. The first-order valence-corrected chi connectivity index (χ1v) is 5.41. The second-order valence-corrected chi connectivity index (χ2v) is 2.99. The number of carboxylic acid groups (broad SMARTS) is 4. The quantitative estimate of drug-likeness (QED) is 0.445. The molecular formula is C10H18O10. The van der Waals surface area contributed by atoms with Gasteiger partial charge in [-0.2, -0.15) is 0 Å². The van der Waals surface area contributed by atoms with Gasteiger partial charge in [0.1, 0.15) is 0 Å². The standard InChI is InChI=1S/2C4H8O2.C2H2O6/c2*1-2-3-4(5)6;3-1(4)7-8-2(5)6/h2*2-3H2,1H3,(H,5,6);(H,3,4)(H,5,6). The fourth-order valence-corrected chi connectivity index (χ4v) is 0.499. The lowest BCUT2D eigenvalue weighted by Crippen LogP contribution is -2.05. The molecule has 0 spiro atoms. The minimum Gasteiger partial charge on any atom is -0.481 e. The number of hydrogen-bond donors (Lipinski definition) is 4. The van der Waals surface area contributed by atoms with Crippen LogP contribution >= 0.6 is 0 Å². The van der Waals surface area contributed by atoms with E-state index in [1.54, 1.807) is 0 Å². The average Bonchev–Trinajstić information content (AvgIpc) is 2.27. The van der Waals surface area contributed by atoms with Gasteiger partial charge in [0, 0.05) is 12.8 Å². The van der Waals surface area contributed by atoms with Gasteiger partial charge in [0.25, 0.3) is 0 Å². The summed E-state index contributed by atoms with van der Waals surface area (Å²) in [5.41, 5.74) is 0. The highest BCUT2D eigenvalue weighted by molar-refractivity contribution is 5.66. The van der Waals surface area contributed by atoms with E-state index in [1.807, 2.05) is 13.8 Å². The van der Waals surface area contributed by atoms with E-state index >= 15 is 0 Å². The van der Waals surface area contributed by atoms with Crippen LogP contribution in [0.1, 0.15) is 39.5 Å². The zero-order chi connectivity index (χ0) is 16.6. The average molecular weight is 298 g/mol. The van der Waals surface area contributed by atoms with Crippen molar-refractivity contribution in [3.8, 4) is 0 Å². The van der Waals surface area contributed by atoms with Crippen LogP contribution in [-0.2, 0) is 19.4 Å². The molecule has 0 amide bonds. The SMILES string of the molecule is CCCC(=O)O.CCCC(=O)O.O=C(O)OOC(=O)O. The van der Waals surface area contributed by atoms with E-state index in [0.29, 0.717) is 12.8 Å². The summed E-state index contributed by atoms with van der Waals surface area (Å²) in [7, 11) is 0. The van der Waals surface area contributed by atoms with Crippen LogP contribution in [0.4, 0.5) is 9.59 Å². The molecule has 0 bridgehead atoms. The summed E-state index contributed by atoms with van der Waals surface area (Å²) < 4.78 is 0. The van der Waals surface area contributed by atoms with Gasteiger partial charge >= 0.3 is 24.2 Å². The highest BCUT2D eigenvalue weighted by atomic mass is 17.2. The maximum Gasteiger partial charge on any atom is 0.547 e. The van der Waals surface area contributed by atoms with Gasteiger partial charge in [0.15, 0.2) is 0 Å². The van der Waals surface area contributed by atoms with Crippen molar-refractivity contribution in [1.82, 2.24) is 0 Å². The van der Waals surface area contributed by atoms with Crippen molar-refractivity contribution in [3.05, 3.63) is 0 Å². The predicted octanol–water partition coefficient (Wildman–Crippen LogP) is 2.03. The highest BCUT2D eigenvalue weighted by Crippen LogP contribution is 1.82. The van der Waals surface area contributed by atoms with E-state index in [9.17, 15) is 19.2 Å². The smallest absolute Gasteiger partial charge is 0.481 e. The summed E-state index contributed by atoms with van der Waals surface area (Å²) in [6, 6.07) is 0. The Morgan fingerprint density at radius 3 is 1.00 bits per heavy atom. The molecule has 0 rings (SSSR count). The first-order valence-electron chi connectivity index (χ1n) is 5.41. The maximum atomic E-state index is 9.60. The first-order chi connectivity index (χ1) is 9.17. The third kappa shape index (κ3) is 45.1. The Balaban J connectivity index is -0.000000221. The number of hydrogen-bond acceptors (Lipinski definition) is 6. The van der Waals surface area contributed by atoms with Crippen molar-refractivity contribution < 1.29 is 49.4 Å². The Morgan fingerprint density at radius 2 is 0.950 bits per heavy atom. The van der Waals surface area contributed by atoms with Crippen LogP contribution in [0.5, 0.6) is 0 Å². The van der Waals surface area contributed by atoms with Crippen LogP contribution in [0.3, 0.4) is 0 Å². The molecule has 0 saturated carbocycles. The summed E-state index contributed by atoms with van der Waals surface area (Å²) in [6.07, 6.45) is -1.55. The molecule has 10 nitrogen and oxygen atoms in total. The molecule has 10 heteroatoms. The van der Waals surface area contributed by atoms with Crippen LogP contribution in [0.15, 0.2) is 0 Å². The van der Waals surface area contributed by atoms with Crippen LogP contribution in [0, 0.1) is 0 Å². The molecule has 4 N–H and O–H groups in total. The Hall–Kier alpha value is -2.52. The summed E-state index contributed by atoms with van der Waals surface area (Å²) in [5, 5.41) is 30.9. The van der Waals surface area contributed by atoms with Gasteiger partial charge in [-0.1, -0.05) is 13.8 Å². The zero-order valence-corrected chi connectivity index (χ0v) is 11.1. The molecular weight excluding hydrogens is 280 g/mol. The molecule has 118 valence electrons. The van der Waals surface area contributed by atoms with Crippen molar-refractivity contribution >= 4 is 24.2 Å². The molecule has 0 heterocycles. The van der Waals surface area contributed by atoms with Gasteiger partial charge in [0.2, 0.25) is 0 Å². The number of carbonyl (C=O) groups is 4. The summed E-state index contributed by atoms with van der Waals surface area (Å²) in [4.78, 5) is 44.0. The monoisotopic (exact) mass is 298 g/mol. The largest absolute Gasteiger partial charge is 0.547 e. The van der Waals surface area contributed by atoms with E-state index in [0.717, 1.165) is 12.8 Å². The molecule has 0 aromatic rings. The Labute approximate surface area is 114 Å². The van der Waals surface area contributed by atoms with Crippen molar-refractivity contribution in [1.29, 1.82) is 0 Å². The lowest BCUT2D eigenvalue weighted by Gasteiger charge is -1.89. The molecule has 0 aliphatic carbocycles. The van der Waals surface area contributed by atoms with E-state index in [-0.39, 0.29) is 0 Å². The number of rotatable bonds is 4. The first kappa shape index (κ1) is 22.6. The fraction of sp³-hybridized carbons (Fsp3) is 0.600. The van der Waals surface area contributed by atoms with Crippen molar-refractivity contribution in [3.63, 3.8) is 0 Å². The van der Waals surface area contributed by atoms with Gasteiger partial charge in [0.05, 0.1) is 0 Å². The summed E-state index contributed by atoms with van der Waals surface area (Å²) in [5.74, 6) is -1.42. The molecule has 20 heavy (non-hydrogen) atoms. The van der Waals surface area contributed by atoms with Crippen molar-refractivity contribution in [2.45, 2.75) is 39.5 Å². The number of aliphatic carboxylic acids is 2. The van der Waals surface area contributed by atoms with Gasteiger partial charge in [-0.05, 0) is 12.8 Å². The van der Waals surface area contributed by atoms with Gasteiger partial charge in [-0.15, -0.1) is 0 Å². The molecule has 0 fully saturated rings. The topological polar surface area (TPSA) is 168 Å². The van der Waals surface area contributed by atoms with Crippen LogP contribution in [-0.4, -0.2) is 44.7 Å². The Bertz CT molecular complexity index is 268. The van der Waals surface area contributed by atoms with Gasteiger partial charge < -0.3 is 20.4 Å². The highest BCUT2D eigenvalue weighted by Gasteiger charge is 2.01. The van der Waals surface area contributed by atoms with Gasteiger partial charge in [-0.3, -0.25) is 9.59 Å². The molecule has 0 aliphatic rings. The van der Waals surface area contributed by atoms with E-state index in [1.165, 1.54) is 0 Å². The second-order valence-electron chi connectivity index (χ2n) is 2.99. The van der Waals surface area contributed by atoms with Crippen LogP contribution in [0.25, 0.3) is 0 Å². The fourth-order valence-electron chi connectivity index (χ4n) is 0.499. The summed E-state index contributed by atoms with van der Waals surface area (Å²) >= 11 is 0. The molecule has 0 unspecified atom stereocenters. The van der Waals surface area contributed by atoms with Crippen molar-refractivity contribution in [2.24, 2.45) is 0 Å². The molecule has 0 saturated heterocycles. The van der Waals surface area contributed by atoms with Crippen molar-refractivity contribution in [2.75, 3.05) is 0 Å². The Morgan fingerprint density at radius 1 is 0.700 bits per heavy atom. The van der Waals surface area contributed by atoms with Gasteiger partial charge in [-0.25, -0.2) is 19.4 Å². The summed E-state index contributed by atoms with van der Waals surface area (Å²) in [6.45, 7) is 3.68. The van der Waals surface area contributed by atoms with E-state index < -0.39 is 24.2 Å². The number of carboxylic acids is 2. The van der Waals surface area contributed by atoms with Crippen LogP contribution in [0.2, 0.25) is 0 Å². The lowest BCUT2D eigenvalue weighted by molar-refractivity contribution is -0.208. The predicted molar refractivity (Wildman–Crippen MR) is 63.3 cm³/mol. The second kappa shape index (κ2) is 16.5. The third-order valence-corrected chi connectivity index (χ3v) is 1.11. The third-order valence-electron chi connectivity index (χ3n) is 1.11.